The molecule has 43 heavy (non-hydrogen) atoms. The maximum Gasteiger partial charge on any atom is 0.263 e. The molecule has 2 N–H and O–H groups in total. The average molecular weight is 578 g/mol. The van der Waals surface area contributed by atoms with E-state index in [0.29, 0.717) is 46.8 Å². The molecule has 3 aliphatic carbocycles. The Hall–Kier alpha value is -4.39. The zero-order chi connectivity index (χ0) is 30.6. The summed E-state index contributed by atoms with van der Waals surface area (Å²) in [4.78, 5) is 40.7. The van der Waals surface area contributed by atoms with Crippen LogP contribution in [-0.4, -0.2) is 67.5 Å². The second kappa shape index (κ2) is 10.1. The number of rotatable bonds is 7. The zero-order valence-corrected chi connectivity index (χ0v) is 24.6. The number of pyridine rings is 2. The van der Waals surface area contributed by atoms with Gasteiger partial charge in [-0.1, -0.05) is 13.8 Å². The second-order valence-corrected chi connectivity index (χ2v) is 12.6. The van der Waals surface area contributed by atoms with E-state index in [1.54, 1.807) is 85.3 Å². The van der Waals surface area contributed by atoms with Gasteiger partial charge in [0.2, 0.25) is 0 Å². The minimum absolute atomic E-state index is 0.126. The van der Waals surface area contributed by atoms with Crippen molar-refractivity contribution >= 4 is 11.7 Å². The SMILES string of the molecule is CN1C(=CC(=O)c2ccc(C#N)cc2)N(CC23CC(CCC2(O)CO)C3(C)C)C(=O)C1(c1ccncc1)c1ccncc1. The van der Waals surface area contributed by atoms with Gasteiger partial charge in [0.25, 0.3) is 5.91 Å². The van der Waals surface area contributed by atoms with Gasteiger partial charge >= 0.3 is 0 Å². The van der Waals surface area contributed by atoms with Crippen LogP contribution in [0.1, 0.15) is 60.2 Å². The number of nitrogens with zero attached hydrogens (tertiary/aromatic N) is 5. The molecular formula is C34H35N5O4. The number of aromatic nitrogens is 2. The van der Waals surface area contributed by atoms with Crippen molar-refractivity contribution in [2.75, 3.05) is 20.2 Å². The molecule has 0 radical (unpaired) electrons. The second-order valence-electron chi connectivity index (χ2n) is 12.6. The number of amides is 1. The molecule has 1 saturated heterocycles. The normalized spacial score (nSPS) is 28.0. The Morgan fingerprint density at radius 2 is 1.63 bits per heavy atom. The van der Waals surface area contributed by atoms with Gasteiger partial charge in [0.15, 0.2) is 11.3 Å². The lowest BCUT2D eigenvalue weighted by atomic mass is 9.35. The number of fused-ring (bicyclic) bond motifs is 2. The third kappa shape index (κ3) is 3.90. The molecule has 3 heterocycles. The highest BCUT2D eigenvalue weighted by atomic mass is 16.3. The number of ketones is 1. The zero-order valence-electron chi connectivity index (χ0n) is 24.6. The number of aliphatic hydroxyl groups is 2. The Bertz CT molecular complexity index is 1590. The molecule has 4 fully saturated rings. The molecule has 4 aliphatic rings. The summed E-state index contributed by atoms with van der Waals surface area (Å²) in [6.45, 7) is 3.93. The molecular weight excluding hydrogens is 542 g/mol. The van der Waals surface area contributed by atoms with Gasteiger partial charge in [0, 0.05) is 55.4 Å². The fraction of sp³-hybridized carbons (Fsp3) is 0.382. The Labute approximate surface area is 251 Å². The van der Waals surface area contributed by atoms with Crippen molar-refractivity contribution in [1.29, 1.82) is 5.26 Å². The van der Waals surface area contributed by atoms with E-state index in [0.717, 1.165) is 6.42 Å². The molecule has 3 unspecified atom stereocenters. The summed E-state index contributed by atoms with van der Waals surface area (Å²) in [7, 11) is 1.79. The fourth-order valence-corrected chi connectivity index (χ4v) is 8.04. The lowest BCUT2D eigenvalue weighted by Gasteiger charge is -2.72. The van der Waals surface area contributed by atoms with Crippen LogP contribution in [-0.2, 0) is 10.3 Å². The summed E-state index contributed by atoms with van der Waals surface area (Å²) in [5, 5.41) is 31.7. The number of carbonyl (C=O) groups excluding carboxylic acids is 2. The molecule has 1 aromatic carbocycles. The number of hydrogen-bond acceptors (Lipinski definition) is 8. The molecule has 9 heteroatoms. The van der Waals surface area contributed by atoms with Gasteiger partial charge < -0.3 is 15.1 Å². The van der Waals surface area contributed by atoms with Crippen LogP contribution in [0.15, 0.2) is 85.2 Å². The van der Waals surface area contributed by atoms with Gasteiger partial charge in [-0.15, -0.1) is 0 Å². The van der Waals surface area contributed by atoms with Gasteiger partial charge in [-0.2, -0.15) is 5.26 Å². The molecule has 1 amide bonds. The summed E-state index contributed by atoms with van der Waals surface area (Å²) in [6.07, 6.45) is 9.92. The molecule has 1 aliphatic heterocycles. The average Bonchev–Trinajstić information content (AvgIpc) is 3.24. The third-order valence-electron chi connectivity index (χ3n) is 10.8. The first-order chi connectivity index (χ1) is 20.6. The molecule has 3 saturated carbocycles. The molecule has 9 nitrogen and oxygen atoms in total. The van der Waals surface area contributed by atoms with Crippen LogP contribution in [0.3, 0.4) is 0 Å². The van der Waals surface area contributed by atoms with Crippen molar-refractivity contribution < 1.29 is 19.8 Å². The van der Waals surface area contributed by atoms with E-state index < -0.39 is 23.2 Å². The predicted octanol–water partition coefficient (Wildman–Crippen LogP) is 3.64. The Balaban J connectivity index is 1.55. The maximum absolute atomic E-state index is 15.1. The van der Waals surface area contributed by atoms with E-state index >= 15 is 4.79 Å². The number of carbonyl (C=O) groups is 2. The highest BCUT2D eigenvalue weighted by Crippen LogP contribution is 2.71. The first-order valence-corrected chi connectivity index (χ1v) is 14.5. The monoisotopic (exact) mass is 577 g/mol. The topological polar surface area (TPSA) is 131 Å². The Morgan fingerprint density at radius 1 is 1.05 bits per heavy atom. The lowest BCUT2D eigenvalue weighted by Crippen LogP contribution is -2.74. The van der Waals surface area contributed by atoms with Crippen molar-refractivity contribution in [1.82, 2.24) is 19.8 Å². The summed E-state index contributed by atoms with van der Waals surface area (Å²) in [6, 6.07) is 15.6. The first kappa shape index (κ1) is 28.7. The molecule has 2 bridgehead atoms. The number of likely N-dealkylation sites (N-methyl/N-ethyl adjacent to an activating group) is 1. The highest BCUT2D eigenvalue weighted by Gasteiger charge is 2.73. The van der Waals surface area contributed by atoms with Gasteiger partial charge in [-0.3, -0.25) is 24.5 Å². The summed E-state index contributed by atoms with van der Waals surface area (Å²) >= 11 is 0. The van der Waals surface area contributed by atoms with Crippen molar-refractivity contribution in [3.63, 3.8) is 0 Å². The minimum Gasteiger partial charge on any atom is -0.393 e. The number of benzene rings is 1. The molecule has 3 atom stereocenters. The van der Waals surface area contributed by atoms with Crippen LogP contribution in [0, 0.1) is 28.1 Å². The maximum atomic E-state index is 15.1. The third-order valence-corrected chi connectivity index (χ3v) is 10.8. The largest absolute Gasteiger partial charge is 0.393 e. The first-order valence-electron chi connectivity index (χ1n) is 14.5. The molecule has 3 aromatic rings. The number of hydrogen-bond donors (Lipinski definition) is 2. The molecule has 2 aromatic heterocycles. The van der Waals surface area contributed by atoms with Crippen LogP contribution in [0.2, 0.25) is 0 Å². The van der Waals surface area contributed by atoms with Crippen LogP contribution < -0.4 is 0 Å². The number of allylic oxidation sites excluding steroid dienone is 1. The van der Waals surface area contributed by atoms with Gasteiger partial charge in [0.1, 0.15) is 5.82 Å². The van der Waals surface area contributed by atoms with Gasteiger partial charge in [0.05, 0.1) is 23.8 Å². The van der Waals surface area contributed by atoms with E-state index in [1.807, 2.05) is 4.90 Å². The van der Waals surface area contributed by atoms with E-state index in [1.165, 1.54) is 6.08 Å². The Morgan fingerprint density at radius 3 is 2.14 bits per heavy atom. The van der Waals surface area contributed by atoms with Crippen molar-refractivity contribution in [2.45, 2.75) is 44.2 Å². The highest BCUT2D eigenvalue weighted by molar-refractivity contribution is 6.06. The predicted molar refractivity (Wildman–Crippen MR) is 158 cm³/mol. The van der Waals surface area contributed by atoms with Gasteiger partial charge in [-0.05, 0) is 90.3 Å². The smallest absolute Gasteiger partial charge is 0.263 e. The molecule has 7 rings (SSSR count). The summed E-state index contributed by atoms with van der Waals surface area (Å²) in [5.74, 6) is 0.138. The lowest BCUT2D eigenvalue weighted by molar-refractivity contribution is -0.291. The van der Waals surface area contributed by atoms with Crippen LogP contribution in [0.4, 0.5) is 0 Å². The fourth-order valence-electron chi connectivity index (χ4n) is 8.04. The van der Waals surface area contributed by atoms with Crippen LogP contribution >= 0.6 is 0 Å². The van der Waals surface area contributed by atoms with Crippen molar-refractivity contribution in [2.24, 2.45) is 16.7 Å². The van der Waals surface area contributed by atoms with Crippen molar-refractivity contribution in [3.05, 3.63) is 107 Å². The van der Waals surface area contributed by atoms with Crippen molar-refractivity contribution in [3.8, 4) is 6.07 Å². The van der Waals surface area contributed by atoms with E-state index in [2.05, 4.69) is 29.9 Å². The number of nitriles is 1. The quantitative estimate of drug-likeness (QED) is 0.322. The van der Waals surface area contributed by atoms with Gasteiger partial charge in [-0.25, -0.2) is 0 Å². The van der Waals surface area contributed by atoms with Crippen LogP contribution in [0.5, 0.6) is 0 Å². The van der Waals surface area contributed by atoms with Crippen LogP contribution in [0.25, 0.3) is 0 Å². The Kier molecular flexibility index (Phi) is 6.75. The number of aliphatic hydroxyl groups excluding tert-OH is 1. The molecule has 0 spiro atoms. The standard InChI is InChI=1S/C34H35N5O4/c1-31(2)27-8-13-33(43,22-40)32(31,19-27)21-39-29(18-28(41)24-6-4-23(20-35)5-7-24)38(3)34(30(39)42,25-9-14-36-15-10-25)26-11-16-37-17-12-26/h4-7,9-12,14-18,27,40,43H,8,13,19,21-22H2,1-3H3. The summed E-state index contributed by atoms with van der Waals surface area (Å²) < 4.78 is 0. The van der Waals surface area contributed by atoms with E-state index in [9.17, 15) is 20.3 Å². The van der Waals surface area contributed by atoms with E-state index in [-0.39, 0.29) is 23.7 Å². The summed E-state index contributed by atoms with van der Waals surface area (Å²) in [5.41, 5.74) is -1.72. The molecule has 220 valence electrons. The minimum atomic E-state index is -1.38. The van der Waals surface area contributed by atoms with E-state index in [4.69, 9.17) is 0 Å².